The number of pyridine rings is 1. The van der Waals surface area contributed by atoms with Gasteiger partial charge >= 0.3 is 0 Å². The number of hydrogen-bond donors (Lipinski definition) is 1. The molecular formula is C6H4BrClF2N2O2S. The van der Waals surface area contributed by atoms with Crippen LogP contribution >= 0.6 is 27.5 Å². The molecule has 0 aromatic carbocycles. The number of alkyl halides is 2. The van der Waals surface area contributed by atoms with E-state index in [0.717, 1.165) is 6.07 Å². The van der Waals surface area contributed by atoms with Crippen molar-refractivity contribution in [1.29, 1.82) is 0 Å². The first-order valence-corrected chi connectivity index (χ1v) is 6.12. The van der Waals surface area contributed by atoms with Crippen molar-refractivity contribution in [2.45, 2.75) is 11.3 Å². The Bertz CT molecular complexity index is 494. The van der Waals surface area contributed by atoms with Crippen LogP contribution in [0.2, 0.25) is 5.15 Å². The van der Waals surface area contributed by atoms with E-state index in [1.54, 1.807) is 0 Å². The Labute approximate surface area is 97.6 Å². The molecule has 15 heavy (non-hydrogen) atoms. The molecule has 4 nitrogen and oxygen atoms in total. The summed E-state index contributed by atoms with van der Waals surface area (Å²) in [5, 5.41) is 4.53. The zero-order valence-corrected chi connectivity index (χ0v) is 10.1. The monoisotopic (exact) mass is 320 g/mol. The van der Waals surface area contributed by atoms with Gasteiger partial charge in [0.25, 0.3) is 6.43 Å². The summed E-state index contributed by atoms with van der Waals surface area (Å²) in [6.07, 6.45) is -3.00. The molecule has 1 heterocycles. The zero-order chi connectivity index (χ0) is 11.8. The Morgan fingerprint density at radius 3 is 2.47 bits per heavy atom. The first-order chi connectivity index (χ1) is 6.73. The predicted octanol–water partition coefficient (Wildman–Crippen LogP) is 2.08. The highest BCUT2D eigenvalue weighted by Gasteiger charge is 2.25. The van der Waals surface area contributed by atoms with E-state index in [4.69, 9.17) is 16.7 Å². The van der Waals surface area contributed by atoms with Crippen LogP contribution < -0.4 is 5.14 Å². The minimum absolute atomic E-state index is 0.246. The summed E-state index contributed by atoms with van der Waals surface area (Å²) in [4.78, 5) is 2.72. The smallest absolute Gasteiger partial charge is 0.228 e. The predicted molar refractivity (Wildman–Crippen MR) is 53.3 cm³/mol. The molecule has 0 saturated carbocycles. The molecule has 9 heteroatoms. The molecule has 2 N–H and O–H groups in total. The van der Waals surface area contributed by atoms with Gasteiger partial charge in [-0.2, -0.15) is 0 Å². The lowest BCUT2D eigenvalue weighted by molar-refractivity contribution is 0.147. The van der Waals surface area contributed by atoms with E-state index >= 15 is 0 Å². The van der Waals surface area contributed by atoms with E-state index in [9.17, 15) is 17.2 Å². The van der Waals surface area contributed by atoms with Crippen molar-refractivity contribution in [2.75, 3.05) is 0 Å². The quantitative estimate of drug-likeness (QED) is 0.848. The average molecular weight is 322 g/mol. The fourth-order valence-corrected chi connectivity index (χ4v) is 3.09. The highest BCUT2D eigenvalue weighted by molar-refractivity contribution is 9.10. The Hall–Kier alpha value is -0.310. The number of nitrogens with zero attached hydrogens (tertiary/aromatic N) is 1. The number of halogens is 4. The molecular weight excluding hydrogens is 317 g/mol. The number of hydrogen-bond acceptors (Lipinski definition) is 3. The fourth-order valence-electron chi connectivity index (χ4n) is 0.934. The van der Waals surface area contributed by atoms with Crippen molar-refractivity contribution in [1.82, 2.24) is 4.98 Å². The Balaban J connectivity index is 3.62. The summed E-state index contributed by atoms with van der Waals surface area (Å²) in [5.41, 5.74) is -0.774. The van der Waals surface area contributed by atoms with Gasteiger partial charge in [-0.25, -0.2) is 27.3 Å². The zero-order valence-electron chi connectivity index (χ0n) is 6.92. The average Bonchev–Trinajstić information content (AvgIpc) is 1.99. The van der Waals surface area contributed by atoms with Gasteiger partial charge in [-0.3, -0.25) is 0 Å². The normalized spacial score (nSPS) is 12.1. The van der Waals surface area contributed by atoms with E-state index in [2.05, 4.69) is 20.9 Å². The van der Waals surface area contributed by atoms with Crippen LogP contribution in [0.25, 0.3) is 0 Å². The summed E-state index contributed by atoms with van der Waals surface area (Å²) in [6, 6.07) is 0.761. The first kappa shape index (κ1) is 12.8. The molecule has 0 fully saturated rings. The van der Waals surface area contributed by atoms with Crippen molar-refractivity contribution < 1.29 is 17.2 Å². The molecule has 0 spiro atoms. The van der Waals surface area contributed by atoms with Gasteiger partial charge < -0.3 is 0 Å². The summed E-state index contributed by atoms with van der Waals surface area (Å²) in [6.45, 7) is 0. The SMILES string of the molecule is NS(=O)(=O)c1c(C(F)F)cc(Cl)nc1Br. The van der Waals surface area contributed by atoms with Crippen LogP contribution in [0.4, 0.5) is 8.78 Å². The highest BCUT2D eigenvalue weighted by Crippen LogP contribution is 2.32. The fraction of sp³-hybridized carbons (Fsp3) is 0.167. The van der Waals surface area contributed by atoms with Gasteiger partial charge in [0.2, 0.25) is 10.0 Å². The number of aromatic nitrogens is 1. The third-order valence-electron chi connectivity index (χ3n) is 1.45. The standard InChI is InChI=1S/C6H4BrClF2N2O2S/c7-5-4(15(11,13)14)2(6(9)10)1-3(8)12-5/h1,6H,(H2,11,13,14). The molecule has 1 aromatic heterocycles. The van der Waals surface area contributed by atoms with E-state index in [1.165, 1.54) is 0 Å². The van der Waals surface area contributed by atoms with Crippen molar-refractivity contribution in [3.8, 4) is 0 Å². The topological polar surface area (TPSA) is 73.1 Å². The van der Waals surface area contributed by atoms with Gasteiger partial charge in [0.1, 0.15) is 14.7 Å². The van der Waals surface area contributed by atoms with Gasteiger partial charge in [-0.1, -0.05) is 11.6 Å². The number of nitrogens with two attached hydrogens (primary N) is 1. The van der Waals surface area contributed by atoms with Crippen LogP contribution in [0.15, 0.2) is 15.6 Å². The number of primary sulfonamides is 1. The maximum absolute atomic E-state index is 12.5. The lowest BCUT2D eigenvalue weighted by Crippen LogP contribution is -2.16. The van der Waals surface area contributed by atoms with Crippen molar-refractivity contribution in [2.24, 2.45) is 5.14 Å². The molecule has 0 saturated heterocycles. The summed E-state index contributed by atoms with van der Waals surface area (Å²) >= 11 is 8.12. The second-order valence-electron chi connectivity index (χ2n) is 2.50. The lowest BCUT2D eigenvalue weighted by atomic mass is 10.3. The van der Waals surface area contributed by atoms with E-state index < -0.39 is 26.9 Å². The molecule has 0 aliphatic carbocycles. The van der Waals surface area contributed by atoms with Crippen LogP contribution in [0.5, 0.6) is 0 Å². The molecule has 0 unspecified atom stereocenters. The van der Waals surface area contributed by atoms with Crippen LogP contribution in [-0.2, 0) is 10.0 Å². The molecule has 1 rings (SSSR count). The van der Waals surface area contributed by atoms with Gasteiger partial charge in [-0.15, -0.1) is 0 Å². The third kappa shape index (κ3) is 2.83. The van der Waals surface area contributed by atoms with Crippen LogP contribution in [0.3, 0.4) is 0 Å². The van der Waals surface area contributed by atoms with E-state index in [0.29, 0.717) is 0 Å². The molecule has 84 valence electrons. The molecule has 0 radical (unpaired) electrons. The summed E-state index contributed by atoms with van der Waals surface area (Å²) in [5.74, 6) is 0. The van der Waals surface area contributed by atoms with Gasteiger partial charge in [0, 0.05) is 5.56 Å². The maximum atomic E-state index is 12.5. The molecule has 0 atom stereocenters. The molecule has 0 bridgehead atoms. The first-order valence-electron chi connectivity index (χ1n) is 3.40. The third-order valence-corrected chi connectivity index (χ3v) is 3.48. The van der Waals surface area contributed by atoms with Crippen LogP contribution in [-0.4, -0.2) is 13.4 Å². The summed E-state index contributed by atoms with van der Waals surface area (Å²) in [7, 11) is -4.27. The lowest BCUT2D eigenvalue weighted by Gasteiger charge is -2.08. The number of sulfonamides is 1. The Kier molecular flexibility index (Phi) is 3.64. The Morgan fingerprint density at radius 2 is 2.07 bits per heavy atom. The molecule has 0 amide bonds. The van der Waals surface area contributed by atoms with E-state index in [1.807, 2.05) is 0 Å². The molecule has 0 aliphatic rings. The van der Waals surface area contributed by atoms with Crippen molar-refractivity contribution >= 4 is 37.6 Å². The highest BCUT2D eigenvalue weighted by atomic mass is 79.9. The van der Waals surface area contributed by atoms with Gasteiger partial charge in [0.05, 0.1) is 0 Å². The van der Waals surface area contributed by atoms with Crippen LogP contribution in [0.1, 0.15) is 12.0 Å². The minimum Gasteiger partial charge on any atom is -0.228 e. The minimum atomic E-state index is -4.27. The maximum Gasteiger partial charge on any atom is 0.265 e. The van der Waals surface area contributed by atoms with Crippen LogP contribution in [0, 0.1) is 0 Å². The van der Waals surface area contributed by atoms with Gasteiger partial charge in [0.15, 0.2) is 0 Å². The molecule has 1 aromatic rings. The molecule has 0 aliphatic heterocycles. The van der Waals surface area contributed by atoms with E-state index in [-0.39, 0.29) is 9.76 Å². The largest absolute Gasteiger partial charge is 0.265 e. The number of rotatable bonds is 2. The second kappa shape index (κ2) is 4.28. The van der Waals surface area contributed by atoms with Crippen molar-refractivity contribution in [3.05, 3.63) is 21.4 Å². The van der Waals surface area contributed by atoms with Crippen molar-refractivity contribution in [3.63, 3.8) is 0 Å². The summed E-state index contributed by atoms with van der Waals surface area (Å²) < 4.78 is 46.7. The Morgan fingerprint density at radius 1 is 1.53 bits per heavy atom. The second-order valence-corrected chi connectivity index (χ2v) is 5.14. The van der Waals surface area contributed by atoms with Gasteiger partial charge in [-0.05, 0) is 22.0 Å².